The van der Waals surface area contributed by atoms with Gasteiger partial charge in [0.25, 0.3) is 0 Å². The van der Waals surface area contributed by atoms with E-state index >= 15 is 0 Å². The average molecular weight is 517 g/mol. The van der Waals surface area contributed by atoms with E-state index in [0.29, 0.717) is 38.5 Å². The van der Waals surface area contributed by atoms with Gasteiger partial charge in [0.15, 0.2) is 6.29 Å². The lowest BCUT2D eigenvalue weighted by atomic mass is 9.50. The van der Waals surface area contributed by atoms with Crippen LogP contribution in [0.25, 0.3) is 0 Å². The Balaban J connectivity index is 1.45. The number of hydrogen-bond donors (Lipinski definition) is 6. The molecule has 7 unspecified atom stereocenters. The first-order chi connectivity index (χ1) is 16.2. The number of aliphatic hydroxyl groups excluding tert-OH is 4. The maximum Gasteiger partial charge on any atom is 0.154 e. The molecule has 0 heterocycles. The highest BCUT2D eigenvalue weighted by molar-refractivity contribution is 6.20. The van der Waals surface area contributed by atoms with Gasteiger partial charge >= 0.3 is 0 Å². The third kappa shape index (κ3) is 5.20. The third-order valence-electron chi connectivity index (χ3n) is 11.0. The molecule has 35 heavy (non-hydrogen) atoms. The van der Waals surface area contributed by atoms with Gasteiger partial charge in [0.1, 0.15) is 0 Å². The molecule has 0 radical (unpaired) electrons. The summed E-state index contributed by atoms with van der Waals surface area (Å²) in [6.45, 7) is 6.33. The minimum absolute atomic E-state index is 0.0508. The molecule has 6 N–H and O–H groups in total. The summed E-state index contributed by atoms with van der Waals surface area (Å²) in [7, 11) is 0. The molecule has 4 saturated carbocycles. The van der Waals surface area contributed by atoms with Crippen LogP contribution in [-0.2, 0) is 0 Å². The number of rotatable bonds is 7. The van der Waals surface area contributed by atoms with Crippen LogP contribution in [0.15, 0.2) is 0 Å². The van der Waals surface area contributed by atoms with Crippen LogP contribution in [0.1, 0.15) is 104 Å². The molecule has 0 aliphatic heterocycles. The fourth-order valence-electron chi connectivity index (χ4n) is 8.65. The fourth-order valence-corrected chi connectivity index (χ4v) is 8.90. The summed E-state index contributed by atoms with van der Waals surface area (Å²) in [6, 6.07) is 0. The normalized spacial score (nSPS) is 47.9. The average Bonchev–Trinajstić information content (AvgIpc) is 3.45. The monoisotopic (exact) mass is 516 g/mol. The summed E-state index contributed by atoms with van der Waals surface area (Å²) >= 11 is 6.33. The molecule has 4 aliphatic carbocycles. The van der Waals surface area contributed by atoms with Crippen LogP contribution in [0.5, 0.6) is 0 Å². The predicted molar refractivity (Wildman–Crippen MR) is 136 cm³/mol. The largest absolute Gasteiger partial charge is 0.393 e. The second-order valence-corrected chi connectivity index (χ2v) is 14.4. The summed E-state index contributed by atoms with van der Waals surface area (Å²) in [5, 5.41) is 65.0. The lowest BCUT2D eigenvalue weighted by molar-refractivity contribution is -0.195. The second kappa shape index (κ2) is 9.98. The molecule has 0 aromatic carbocycles. The molecule has 6 nitrogen and oxygen atoms in total. The lowest BCUT2D eigenvalue weighted by Gasteiger charge is -2.58. The van der Waals surface area contributed by atoms with Crippen molar-refractivity contribution in [3.63, 3.8) is 0 Å². The van der Waals surface area contributed by atoms with Crippen LogP contribution in [0, 0.1) is 34.0 Å². The Labute approximate surface area is 216 Å². The zero-order valence-corrected chi connectivity index (χ0v) is 22.6. The van der Waals surface area contributed by atoms with E-state index < -0.39 is 46.4 Å². The quantitative estimate of drug-likeness (QED) is 0.226. The highest BCUT2D eigenvalue weighted by atomic mass is 35.5. The zero-order chi connectivity index (χ0) is 25.8. The maximum atomic E-state index is 11.9. The number of aliphatic hydroxyl groups is 6. The van der Waals surface area contributed by atoms with E-state index in [9.17, 15) is 30.6 Å². The molecule has 4 fully saturated rings. The molecule has 0 bridgehead atoms. The van der Waals surface area contributed by atoms with Gasteiger partial charge in [-0.15, -0.1) is 11.6 Å². The smallest absolute Gasteiger partial charge is 0.154 e. The molecule has 4 aliphatic rings. The molecule has 0 amide bonds. The van der Waals surface area contributed by atoms with Gasteiger partial charge in [-0.3, -0.25) is 0 Å². The standard InChI is InChI=1S/C28H49ClO6/c1-25(2)16-26(3,11-12-28(25,35)19-7-9-20(29)10-8-19)24(34)27(15-22(27)31)14-21(30)17-5-4-6-18(13-17)23(32)33/h17-24,30-35H,4-16H2,1-3H3/t17?,18?,19?,20?,21?,22?,24?,26?,27-,28?/m0/s1. The molecule has 7 heteroatoms. The molecule has 0 aromatic heterocycles. The van der Waals surface area contributed by atoms with Crippen LogP contribution < -0.4 is 0 Å². The van der Waals surface area contributed by atoms with E-state index in [0.717, 1.165) is 44.9 Å². The van der Waals surface area contributed by atoms with E-state index in [2.05, 4.69) is 20.8 Å². The van der Waals surface area contributed by atoms with Crippen LogP contribution in [0.2, 0.25) is 0 Å². The molecular weight excluding hydrogens is 468 g/mol. The second-order valence-electron chi connectivity index (χ2n) is 13.8. The fraction of sp³-hybridized carbons (Fsp3) is 1.00. The minimum Gasteiger partial charge on any atom is -0.393 e. The predicted octanol–water partition coefficient (Wildman–Crippen LogP) is 3.71. The van der Waals surface area contributed by atoms with Gasteiger partial charge in [-0.2, -0.15) is 0 Å². The van der Waals surface area contributed by atoms with Crippen molar-refractivity contribution in [3.8, 4) is 0 Å². The summed E-state index contributed by atoms with van der Waals surface area (Å²) < 4.78 is 0. The number of hydrogen-bond acceptors (Lipinski definition) is 6. The first-order valence-electron chi connectivity index (χ1n) is 14.0. The Morgan fingerprint density at radius 3 is 2.03 bits per heavy atom. The molecule has 4 rings (SSSR count). The summed E-state index contributed by atoms with van der Waals surface area (Å²) in [5.74, 6) is -0.0561. The first-order valence-corrected chi connectivity index (χ1v) is 14.4. The van der Waals surface area contributed by atoms with Crippen molar-refractivity contribution in [1.82, 2.24) is 0 Å². The summed E-state index contributed by atoms with van der Waals surface area (Å²) in [5.41, 5.74) is -2.38. The van der Waals surface area contributed by atoms with Crippen molar-refractivity contribution in [3.05, 3.63) is 0 Å². The Hall–Kier alpha value is 0.0500. The highest BCUT2D eigenvalue weighted by Crippen LogP contribution is 2.64. The topological polar surface area (TPSA) is 121 Å². The summed E-state index contributed by atoms with van der Waals surface area (Å²) in [4.78, 5) is 0. The van der Waals surface area contributed by atoms with Crippen molar-refractivity contribution in [2.24, 2.45) is 34.0 Å². The van der Waals surface area contributed by atoms with Crippen molar-refractivity contribution < 1.29 is 30.6 Å². The molecule has 0 aromatic rings. The number of halogens is 1. The molecule has 0 saturated heterocycles. The van der Waals surface area contributed by atoms with Crippen LogP contribution in [-0.4, -0.2) is 66.2 Å². The Morgan fingerprint density at radius 2 is 1.49 bits per heavy atom. The van der Waals surface area contributed by atoms with Crippen molar-refractivity contribution in [1.29, 1.82) is 0 Å². The van der Waals surface area contributed by atoms with Crippen molar-refractivity contribution >= 4 is 11.6 Å². The maximum absolute atomic E-state index is 11.9. The third-order valence-corrected chi connectivity index (χ3v) is 11.5. The molecule has 204 valence electrons. The van der Waals surface area contributed by atoms with E-state index in [1.54, 1.807) is 0 Å². The highest BCUT2D eigenvalue weighted by Gasteiger charge is 2.66. The summed E-state index contributed by atoms with van der Waals surface area (Å²) in [6.07, 6.45) is 6.03. The Morgan fingerprint density at radius 1 is 0.886 bits per heavy atom. The zero-order valence-electron chi connectivity index (χ0n) is 21.9. The van der Waals surface area contributed by atoms with E-state index in [1.165, 1.54) is 0 Å². The van der Waals surface area contributed by atoms with Crippen molar-refractivity contribution in [2.75, 3.05) is 0 Å². The SMILES string of the molecule is CC1(C(O)[C@@]2(CC(O)C3CCCC(C(O)O)C3)CC2O)CCC(O)(C2CCC(Cl)CC2)C(C)(C)C1. The van der Waals surface area contributed by atoms with Crippen LogP contribution in [0.3, 0.4) is 0 Å². The molecular formula is C28H49ClO6. The molecule has 8 atom stereocenters. The van der Waals surface area contributed by atoms with Gasteiger partial charge in [0, 0.05) is 16.7 Å². The van der Waals surface area contributed by atoms with E-state index in [1.807, 2.05) is 0 Å². The van der Waals surface area contributed by atoms with Crippen LogP contribution in [0.4, 0.5) is 0 Å². The first kappa shape index (κ1) is 28.1. The molecule has 0 spiro atoms. The van der Waals surface area contributed by atoms with E-state index in [-0.39, 0.29) is 23.1 Å². The number of alkyl halides is 1. The Kier molecular flexibility index (Phi) is 8.00. The van der Waals surface area contributed by atoms with Gasteiger partial charge in [0.2, 0.25) is 0 Å². The van der Waals surface area contributed by atoms with Gasteiger partial charge in [-0.25, -0.2) is 0 Å². The minimum atomic E-state index is -1.36. The van der Waals surface area contributed by atoms with Crippen LogP contribution >= 0.6 is 11.6 Å². The van der Waals surface area contributed by atoms with Crippen molar-refractivity contribution in [2.45, 2.75) is 140 Å². The van der Waals surface area contributed by atoms with Gasteiger partial charge < -0.3 is 30.6 Å². The Bertz CT molecular complexity index is 739. The van der Waals surface area contributed by atoms with Gasteiger partial charge in [-0.1, -0.05) is 27.2 Å². The van der Waals surface area contributed by atoms with Gasteiger partial charge in [-0.05, 0) is 99.7 Å². The van der Waals surface area contributed by atoms with E-state index in [4.69, 9.17) is 11.6 Å². The van der Waals surface area contributed by atoms with Gasteiger partial charge in [0.05, 0.1) is 23.9 Å². The lowest BCUT2D eigenvalue weighted by Crippen LogP contribution is -2.59.